The highest BCUT2D eigenvalue weighted by Crippen LogP contribution is 2.31. The van der Waals surface area contributed by atoms with E-state index in [0.29, 0.717) is 0 Å². The summed E-state index contributed by atoms with van der Waals surface area (Å²) < 4.78 is 4.88. The van der Waals surface area contributed by atoms with Crippen molar-refractivity contribution in [3.05, 3.63) is 48.0 Å². The Labute approximate surface area is 112 Å². The second-order valence-corrected chi connectivity index (χ2v) is 4.05. The summed E-state index contributed by atoms with van der Waals surface area (Å²) in [5.41, 5.74) is -2.01. The van der Waals surface area contributed by atoms with Crippen LogP contribution < -0.4 is 0 Å². The zero-order valence-corrected chi connectivity index (χ0v) is 11.2. The van der Waals surface area contributed by atoms with Gasteiger partial charge in [-0.2, -0.15) is 0 Å². The largest absolute Gasteiger partial charge is 0.463 e. The van der Waals surface area contributed by atoms with Crippen molar-refractivity contribution < 1.29 is 19.4 Å². The van der Waals surface area contributed by atoms with Crippen molar-refractivity contribution in [3.63, 3.8) is 0 Å². The molecule has 1 aromatic carbocycles. The van der Waals surface area contributed by atoms with Crippen LogP contribution in [-0.2, 0) is 19.9 Å². The Bertz CT molecular complexity index is 478. The summed E-state index contributed by atoms with van der Waals surface area (Å²) in [5, 5.41) is 10.7. The highest BCUT2D eigenvalue weighted by Gasteiger charge is 2.44. The predicted octanol–water partition coefficient (Wildman–Crippen LogP) is 1.97. The molecule has 0 radical (unpaired) electrons. The van der Waals surface area contributed by atoms with Gasteiger partial charge in [-0.15, -0.1) is 0 Å². The molecule has 0 aromatic heterocycles. The molecule has 0 heterocycles. The quantitative estimate of drug-likeness (QED) is 0.629. The van der Waals surface area contributed by atoms with E-state index in [0.717, 1.165) is 0 Å². The Hall–Kier alpha value is -1.94. The van der Waals surface area contributed by atoms with E-state index >= 15 is 0 Å². The molecule has 1 aromatic rings. The summed E-state index contributed by atoms with van der Waals surface area (Å²) in [5.74, 6) is -1.26. The number of aliphatic hydroxyl groups is 1. The molecule has 0 fully saturated rings. The van der Waals surface area contributed by atoms with Gasteiger partial charge in [0.05, 0.1) is 6.61 Å². The molecular weight excluding hydrogens is 244 g/mol. The standard InChI is InChI=1S/C15H18O4/c1-4-13(16)11(3)15(18,14(17)19-5-2)12-9-7-6-8-10-12/h6-10,18H,3-5H2,1-2H3. The molecule has 0 saturated heterocycles. The van der Waals surface area contributed by atoms with Crippen LogP contribution in [-0.4, -0.2) is 23.5 Å². The lowest BCUT2D eigenvalue weighted by Crippen LogP contribution is -2.41. The van der Waals surface area contributed by atoms with Gasteiger partial charge in [-0.3, -0.25) is 4.79 Å². The number of esters is 1. The summed E-state index contributed by atoms with van der Waals surface area (Å²) in [4.78, 5) is 23.8. The van der Waals surface area contributed by atoms with E-state index in [1.807, 2.05) is 0 Å². The van der Waals surface area contributed by atoms with Crippen LogP contribution in [0.25, 0.3) is 0 Å². The molecule has 0 aliphatic heterocycles. The minimum absolute atomic E-state index is 0.113. The summed E-state index contributed by atoms with van der Waals surface area (Å²) in [6.07, 6.45) is 0.160. The minimum atomic E-state index is -2.12. The zero-order chi connectivity index (χ0) is 14.5. The van der Waals surface area contributed by atoms with Gasteiger partial charge in [0.15, 0.2) is 5.78 Å². The second kappa shape index (κ2) is 6.29. The van der Waals surface area contributed by atoms with Gasteiger partial charge in [-0.25, -0.2) is 4.79 Å². The second-order valence-electron chi connectivity index (χ2n) is 4.05. The third kappa shape index (κ3) is 2.90. The van der Waals surface area contributed by atoms with Crippen LogP contribution in [0.4, 0.5) is 0 Å². The van der Waals surface area contributed by atoms with E-state index in [2.05, 4.69) is 6.58 Å². The highest BCUT2D eigenvalue weighted by molar-refractivity contribution is 6.03. The Balaban J connectivity index is 3.29. The summed E-state index contributed by atoms with van der Waals surface area (Å²) in [6, 6.07) is 8.21. The Morgan fingerprint density at radius 1 is 1.26 bits per heavy atom. The fourth-order valence-corrected chi connectivity index (χ4v) is 1.75. The molecule has 0 aliphatic rings. The maximum atomic E-state index is 12.0. The van der Waals surface area contributed by atoms with Crippen molar-refractivity contribution >= 4 is 11.8 Å². The molecule has 0 amide bonds. The lowest BCUT2D eigenvalue weighted by Gasteiger charge is -2.27. The van der Waals surface area contributed by atoms with Crippen LogP contribution in [0.1, 0.15) is 25.8 Å². The summed E-state index contributed by atoms with van der Waals surface area (Å²) in [6.45, 7) is 6.97. The lowest BCUT2D eigenvalue weighted by molar-refractivity contribution is -0.163. The van der Waals surface area contributed by atoms with Gasteiger partial charge in [0.2, 0.25) is 5.60 Å². The van der Waals surface area contributed by atoms with Gasteiger partial charge >= 0.3 is 5.97 Å². The summed E-state index contributed by atoms with van der Waals surface area (Å²) >= 11 is 0. The van der Waals surface area contributed by atoms with Gasteiger partial charge in [0, 0.05) is 12.0 Å². The first-order valence-electron chi connectivity index (χ1n) is 6.16. The maximum Gasteiger partial charge on any atom is 0.347 e. The molecule has 4 nitrogen and oxygen atoms in total. The van der Waals surface area contributed by atoms with Crippen LogP contribution in [0.5, 0.6) is 0 Å². The molecule has 0 spiro atoms. The molecule has 0 saturated carbocycles. The molecule has 1 atom stereocenters. The van der Waals surface area contributed by atoms with E-state index in [1.165, 1.54) is 0 Å². The number of benzene rings is 1. The molecule has 4 heteroatoms. The van der Waals surface area contributed by atoms with E-state index in [4.69, 9.17) is 4.74 Å². The number of Topliss-reactive ketones (excluding diaryl/α,β-unsaturated/α-hetero) is 1. The first kappa shape index (κ1) is 15.1. The van der Waals surface area contributed by atoms with Gasteiger partial charge < -0.3 is 9.84 Å². The van der Waals surface area contributed by atoms with Crippen LogP contribution in [0.3, 0.4) is 0 Å². The van der Waals surface area contributed by atoms with Gasteiger partial charge in [0.25, 0.3) is 0 Å². The van der Waals surface area contributed by atoms with Crippen molar-refractivity contribution in [2.45, 2.75) is 25.9 Å². The van der Waals surface area contributed by atoms with Gasteiger partial charge in [-0.05, 0) is 12.5 Å². The molecule has 102 valence electrons. The third-order valence-corrected chi connectivity index (χ3v) is 2.86. The van der Waals surface area contributed by atoms with Crippen molar-refractivity contribution in [3.8, 4) is 0 Å². The fraction of sp³-hybridized carbons (Fsp3) is 0.333. The molecule has 19 heavy (non-hydrogen) atoms. The van der Waals surface area contributed by atoms with Crippen LogP contribution in [0.15, 0.2) is 42.5 Å². The number of carbonyl (C=O) groups is 2. The zero-order valence-electron chi connectivity index (χ0n) is 11.2. The number of hydrogen-bond acceptors (Lipinski definition) is 4. The first-order chi connectivity index (χ1) is 8.98. The van der Waals surface area contributed by atoms with Crippen molar-refractivity contribution in [2.24, 2.45) is 0 Å². The maximum absolute atomic E-state index is 12.0. The van der Waals surface area contributed by atoms with Crippen molar-refractivity contribution in [1.82, 2.24) is 0 Å². The molecule has 0 aliphatic carbocycles. The van der Waals surface area contributed by atoms with E-state index in [-0.39, 0.29) is 29.9 Å². The molecule has 1 N–H and O–H groups in total. The lowest BCUT2D eigenvalue weighted by atomic mass is 9.84. The van der Waals surface area contributed by atoms with Crippen LogP contribution in [0.2, 0.25) is 0 Å². The average molecular weight is 262 g/mol. The van der Waals surface area contributed by atoms with Crippen LogP contribution in [0, 0.1) is 0 Å². The number of carbonyl (C=O) groups excluding carboxylic acids is 2. The Kier molecular flexibility index (Phi) is 5.01. The highest BCUT2D eigenvalue weighted by atomic mass is 16.5. The Morgan fingerprint density at radius 2 is 1.84 bits per heavy atom. The number of ether oxygens (including phenoxy) is 1. The average Bonchev–Trinajstić information content (AvgIpc) is 2.45. The molecule has 1 unspecified atom stereocenters. The third-order valence-electron chi connectivity index (χ3n) is 2.86. The van der Waals surface area contributed by atoms with Crippen molar-refractivity contribution in [1.29, 1.82) is 0 Å². The minimum Gasteiger partial charge on any atom is -0.463 e. The number of ketones is 1. The van der Waals surface area contributed by atoms with E-state index < -0.39 is 11.6 Å². The molecule has 0 bridgehead atoms. The Morgan fingerprint density at radius 3 is 2.32 bits per heavy atom. The van der Waals surface area contributed by atoms with Crippen molar-refractivity contribution in [2.75, 3.05) is 6.61 Å². The monoisotopic (exact) mass is 262 g/mol. The van der Waals surface area contributed by atoms with E-state index in [1.54, 1.807) is 44.2 Å². The summed E-state index contributed by atoms with van der Waals surface area (Å²) in [7, 11) is 0. The number of hydrogen-bond donors (Lipinski definition) is 1. The molecule has 1 rings (SSSR count). The topological polar surface area (TPSA) is 63.6 Å². The van der Waals surface area contributed by atoms with Gasteiger partial charge in [0.1, 0.15) is 0 Å². The first-order valence-corrected chi connectivity index (χ1v) is 6.16. The van der Waals surface area contributed by atoms with Crippen LogP contribution >= 0.6 is 0 Å². The fourth-order valence-electron chi connectivity index (χ4n) is 1.75. The molecular formula is C15H18O4. The smallest absolute Gasteiger partial charge is 0.347 e. The predicted molar refractivity (Wildman–Crippen MR) is 71.4 cm³/mol. The number of rotatable bonds is 6. The SMILES string of the molecule is C=C(C(=O)CC)C(O)(C(=O)OCC)c1ccccc1. The van der Waals surface area contributed by atoms with Gasteiger partial charge in [-0.1, -0.05) is 43.8 Å². The normalized spacial score (nSPS) is 13.4. The van der Waals surface area contributed by atoms with E-state index in [9.17, 15) is 14.7 Å².